The van der Waals surface area contributed by atoms with E-state index in [4.69, 9.17) is 0 Å². The van der Waals surface area contributed by atoms with Gasteiger partial charge in [-0.2, -0.15) is 4.31 Å². The first-order chi connectivity index (χ1) is 12.2. The van der Waals surface area contributed by atoms with Crippen LogP contribution in [0, 0.1) is 13.8 Å². The molecule has 0 radical (unpaired) electrons. The van der Waals surface area contributed by atoms with Crippen molar-refractivity contribution in [3.8, 4) is 0 Å². The standard InChI is InChI=1S/C16H21N3O4S3/c1-4-12-9-13(24-11(12)3)14(20)18-5-7-19(8-6-18)26(22,23)15-10(2)17-16(21)25-15/h9H,4-8H2,1-3H3,(H,17,21). The minimum absolute atomic E-state index is 0.0441. The third kappa shape index (κ3) is 3.51. The van der Waals surface area contributed by atoms with Gasteiger partial charge in [0.15, 0.2) is 4.21 Å². The number of nitrogens with one attached hydrogen (secondary N) is 1. The number of amides is 1. The lowest BCUT2D eigenvalue weighted by molar-refractivity contribution is 0.0703. The first-order valence-corrected chi connectivity index (χ1v) is 11.4. The second-order valence-corrected chi connectivity index (χ2v) is 10.5. The van der Waals surface area contributed by atoms with E-state index in [0.717, 1.165) is 11.3 Å². The molecule has 142 valence electrons. The van der Waals surface area contributed by atoms with Crippen molar-refractivity contribution in [3.63, 3.8) is 0 Å². The molecule has 2 aromatic rings. The maximum absolute atomic E-state index is 12.7. The number of carbonyl (C=O) groups is 1. The highest BCUT2D eigenvalue weighted by Gasteiger charge is 2.33. The summed E-state index contributed by atoms with van der Waals surface area (Å²) in [5, 5.41) is 0. The topological polar surface area (TPSA) is 90.6 Å². The Morgan fingerprint density at radius 2 is 1.85 bits per heavy atom. The quantitative estimate of drug-likeness (QED) is 0.825. The van der Waals surface area contributed by atoms with E-state index in [-0.39, 0.29) is 28.1 Å². The van der Waals surface area contributed by atoms with Gasteiger partial charge in [-0.1, -0.05) is 18.3 Å². The van der Waals surface area contributed by atoms with Crippen LogP contribution in [0.1, 0.15) is 32.7 Å². The van der Waals surface area contributed by atoms with Gasteiger partial charge in [0, 0.05) is 36.8 Å². The predicted octanol–water partition coefficient (Wildman–Crippen LogP) is 1.82. The van der Waals surface area contributed by atoms with Crippen molar-refractivity contribution in [2.75, 3.05) is 26.2 Å². The van der Waals surface area contributed by atoms with Crippen LogP contribution in [0.3, 0.4) is 0 Å². The fourth-order valence-corrected chi connectivity index (χ4v) is 6.96. The third-order valence-corrected chi connectivity index (χ3v) is 9.05. The number of carbonyl (C=O) groups excluding carboxylic acids is 1. The molecule has 0 unspecified atom stereocenters. The number of H-pyrrole nitrogens is 1. The van der Waals surface area contributed by atoms with Gasteiger partial charge in [0.2, 0.25) is 0 Å². The number of thiazole rings is 1. The van der Waals surface area contributed by atoms with E-state index in [2.05, 4.69) is 11.9 Å². The van der Waals surface area contributed by atoms with E-state index in [9.17, 15) is 18.0 Å². The fraction of sp³-hybridized carbons (Fsp3) is 0.500. The number of aromatic nitrogens is 1. The lowest BCUT2D eigenvalue weighted by atomic mass is 10.2. The van der Waals surface area contributed by atoms with Gasteiger partial charge in [-0.15, -0.1) is 11.3 Å². The highest BCUT2D eigenvalue weighted by atomic mass is 32.2. The normalized spacial score (nSPS) is 16.2. The maximum Gasteiger partial charge on any atom is 0.305 e. The number of aromatic amines is 1. The van der Waals surface area contributed by atoms with Gasteiger partial charge in [-0.3, -0.25) is 9.59 Å². The smallest absolute Gasteiger partial charge is 0.305 e. The molecule has 1 saturated heterocycles. The van der Waals surface area contributed by atoms with Gasteiger partial charge >= 0.3 is 4.87 Å². The monoisotopic (exact) mass is 415 g/mol. The highest BCUT2D eigenvalue weighted by molar-refractivity contribution is 7.91. The number of nitrogens with zero attached hydrogens (tertiary/aromatic N) is 2. The molecule has 0 aliphatic carbocycles. The van der Waals surface area contributed by atoms with Gasteiger partial charge in [0.05, 0.1) is 4.88 Å². The van der Waals surface area contributed by atoms with Crippen molar-refractivity contribution in [1.29, 1.82) is 0 Å². The van der Waals surface area contributed by atoms with E-state index in [1.54, 1.807) is 11.8 Å². The zero-order valence-corrected chi connectivity index (χ0v) is 17.3. The molecule has 0 saturated carbocycles. The average Bonchev–Trinajstić information content (AvgIpc) is 3.16. The summed E-state index contributed by atoms with van der Waals surface area (Å²) in [5.74, 6) is -0.0441. The summed E-state index contributed by atoms with van der Waals surface area (Å²) in [5.41, 5.74) is 1.54. The Morgan fingerprint density at radius 1 is 1.19 bits per heavy atom. The molecule has 10 heteroatoms. The van der Waals surface area contributed by atoms with Gasteiger partial charge in [-0.05, 0) is 31.9 Å². The summed E-state index contributed by atoms with van der Waals surface area (Å²) < 4.78 is 26.9. The molecule has 3 rings (SSSR count). The summed E-state index contributed by atoms with van der Waals surface area (Å²) >= 11 is 2.19. The first-order valence-electron chi connectivity index (χ1n) is 8.32. The number of rotatable bonds is 4. The number of aryl methyl sites for hydroxylation is 3. The molecule has 3 heterocycles. The van der Waals surface area contributed by atoms with Crippen molar-refractivity contribution < 1.29 is 13.2 Å². The largest absolute Gasteiger partial charge is 0.335 e. The molecule has 2 aromatic heterocycles. The Kier molecular flexibility index (Phi) is 5.38. The molecule has 0 spiro atoms. The first kappa shape index (κ1) is 19.3. The Balaban J connectivity index is 1.71. The number of sulfonamides is 1. The number of piperazine rings is 1. The summed E-state index contributed by atoms with van der Waals surface area (Å²) in [4.78, 5) is 29.8. The average molecular weight is 416 g/mol. The van der Waals surface area contributed by atoms with Crippen LogP contribution in [-0.2, 0) is 16.4 Å². The Bertz CT molecular complexity index is 979. The molecule has 0 atom stereocenters. The van der Waals surface area contributed by atoms with Crippen LogP contribution in [0.2, 0.25) is 0 Å². The van der Waals surface area contributed by atoms with E-state index in [1.165, 1.54) is 21.2 Å². The number of thiophene rings is 1. The molecule has 1 N–H and O–H groups in total. The second kappa shape index (κ2) is 7.26. The number of hydrogen-bond donors (Lipinski definition) is 1. The van der Waals surface area contributed by atoms with E-state index < -0.39 is 10.0 Å². The lowest BCUT2D eigenvalue weighted by Crippen LogP contribution is -2.50. The zero-order valence-electron chi connectivity index (χ0n) is 14.9. The number of hydrogen-bond acceptors (Lipinski definition) is 6. The molecular weight excluding hydrogens is 394 g/mol. The van der Waals surface area contributed by atoms with Crippen LogP contribution in [-0.4, -0.2) is 54.7 Å². The predicted molar refractivity (Wildman–Crippen MR) is 103 cm³/mol. The summed E-state index contributed by atoms with van der Waals surface area (Å²) in [6.07, 6.45) is 0.889. The third-order valence-electron chi connectivity index (χ3n) is 4.49. The van der Waals surface area contributed by atoms with Crippen molar-refractivity contribution in [1.82, 2.24) is 14.2 Å². The Hall–Kier alpha value is -1.49. The summed E-state index contributed by atoms with van der Waals surface area (Å²) in [7, 11) is -3.71. The molecule has 1 aliphatic heterocycles. The molecule has 1 aliphatic rings. The highest BCUT2D eigenvalue weighted by Crippen LogP contribution is 2.25. The molecule has 1 amide bonds. The maximum atomic E-state index is 12.7. The van der Waals surface area contributed by atoms with Crippen LogP contribution >= 0.6 is 22.7 Å². The Morgan fingerprint density at radius 3 is 2.35 bits per heavy atom. The summed E-state index contributed by atoms with van der Waals surface area (Å²) in [6, 6.07) is 1.94. The van der Waals surface area contributed by atoms with E-state index in [1.807, 2.05) is 13.0 Å². The molecule has 1 fully saturated rings. The second-order valence-electron chi connectivity index (χ2n) is 6.17. The molecule has 26 heavy (non-hydrogen) atoms. The zero-order chi connectivity index (χ0) is 19.1. The molecule has 0 bridgehead atoms. The van der Waals surface area contributed by atoms with Gasteiger partial charge < -0.3 is 9.88 Å². The SMILES string of the molecule is CCc1cc(C(=O)N2CCN(S(=O)(=O)c3sc(=O)[nH]c3C)CC2)sc1C. The van der Waals surface area contributed by atoms with Gasteiger partial charge in [0.1, 0.15) is 0 Å². The summed E-state index contributed by atoms with van der Waals surface area (Å²) in [6.45, 7) is 6.79. The molecular formula is C16H21N3O4S3. The van der Waals surface area contributed by atoms with Crippen molar-refractivity contribution >= 4 is 38.6 Å². The minimum atomic E-state index is -3.71. The van der Waals surface area contributed by atoms with Crippen LogP contribution in [0.4, 0.5) is 0 Å². The van der Waals surface area contributed by atoms with Crippen molar-refractivity contribution in [3.05, 3.63) is 36.7 Å². The van der Waals surface area contributed by atoms with Gasteiger partial charge in [-0.25, -0.2) is 8.42 Å². The van der Waals surface area contributed by atoms with E-state index >= 15 is 0 Å². The van der Waals surface area contributed by atoms with E-state index in [0.29, 0.717) is 35.0 Å². The van der Waals surface area contributed by atoms with Crippen LogP contribution in [0.25, 0.3) is 0 Å². The van der Waals surface area contributed by atoms with Crippen molar-refractivity contribution in [2.24, 2.45) is 0 Å². The van der Waals surface area contributed by atoms with Crippen LogP contribution in [0.15, 0.2) is 15.1 Å². The van der Waals surface area contributed by atoms with Crippen molar-refractivity contribution in [2.45, 2.75) is 31.4 Å². The van der Waals surface area contributed by atoms with Crippen LogP contribution < -0.4 is 4.87 Å². The lowest BCUT2D eigenvalue weighted by Gasteiger charge is -2.33. The Labute approximate surface area is 160 Å². The van der Waals surface area contributed by atoms with Crippen LogP contribution in [0.5, 0.6) is 0 Å². The molecule has 0 aromatic carbocycles. The minimum Gasteiger partial charge on any atom is -0.335 e. The fourth-order valence-electron chi connectivity index (χ4n) is 3.02. The molecule has 7 nitrogen and oxygen atoms in total. The van der Waals surface area contributed by atoms with Gasteiger partial charge in [0.25, 0.3) is 15.9 Å².